The van der Waals surface area contributed by atoms with Crippen LogP contribution in [0.3, 0.4) is 0 Å². The second-order valence-corrected chi connectivity index (χ2v) is 22.5. The Morgan fingerprint density at radius 3 is 2.03 bits per heavy atom. The Hall–Kier alpha value is 0.724. The molecule has 2 fully saturated rings. The summed E-state index contributed by atoms with van der Waals surface area (Å²) in [4.78, 5) is 0. The van der Waals surface area contributed by atoms with Crippen molar-refractivity contribution in [2.45, 2.75) is 50.2 Å². The summed E-state index contributed by atoms with van der Waals surface area (Å²) < 4.78 is 54.7. The van der Waals surface area contributed by atoms with Crippen LogP contribution >= 0.6 is 0 Å². The van der Waals surface area contributed by atoms with Gasteiger partial charge in [-0.15, -0.1) is 0 Å². The van der Waals surface area contributed by atoms with Crippen molar-refractivity contribution in [3.05, 3.63) is 0 Å². The van der Waals surface area contributed by atoms with Crippen molar-refractivity contribution in [1.29, 1.82) is 0 Å². The molecule has 2 aliphatic heterocycles. The molecule has 0 N–H and O–H groups in total. The molecule has 0 aromatic rings. The number of rotatable bonds is 7. The van der Waals surface area contributed by atoms with Gasteiger partial charge >= 0.3 is 25.9 Å². The summed E-state index contributed by atoms with van der Waals surface area (Å²) in [7, 11) is -6.89. The molecule has 2 rings (SSSR count). The van der Waals surface area contributed by atoms with Gasteiger partial charge in [0.2, 0.25) is 0 Å². The van der Waals surface area contributed by atoms with Crippen LogP contribution in [0.15, 0.2) is 0 Å². The molecule has 29 heavy (non-hydrogen) atoms. The highest BCUT2D eigenvalue weighted by Crippen LogP contribution is 2.35. The lowest BCUT2D eigenvalue weighted by atomic mass is 10.4. The predicted molar refractivity (Wildman–Crippen MR) is 120 cm³/mol. The van der Waals surface area contributed by atoms with Crippen molar-refractivity contribution in [2.75, 3.05) is 47.8 Å². The first-order valence-electron chi connectivity index (χ1n) is 10.2. The molecule has 2 saturated heterocycles. The van der Waals surface area contributed by atoms with Gasteiger partial charge in [0.15, 0.2) is 0 Å². The maximum Gasteiger partial charge on any atom is 0.500 e. The Morgan fingerprint density at radius 1 is 0.931 bits per heavy atom. The Morgan fingerprint density at radius 2 is 1.48 bits per heavy atom. The molecule has 0 saturated carbocycles. The first-order chi connectivity index (χ1) is 13.7. The lowest BCUT2D eigenvalue weighted by Crippen LogP contribution is -2.62. The smallest absolute Gasteiger partial charge is 0.420 e. The van der Waals surface area contributed by atoms with Crippen molar-refractivity contribution in [3.63, 3.8) is 0 Å². The predicted octanol–water partition coefficient (Wildman–Crippen LogP) is 1.60. The molecule has 0 amide bonds. The third kappa shape index (κ3) is 7.38. The van der Waals surface area contributed by atoms with Gasteiger partial charge in [-0.2, -0.15) is 0 Å². The zero-order valence-corrected chi connectivity index (χ0v) is 24.2. The van der Waals surface area contributed by atoms with Gasteiger partial charge in [-0.05, 0) is 38.7 Å². The quantitative estimate of drug-likeness (QED) is 0.482. The highest BCUT2D eigenvalue weighted by atomic mass is 28.5. The summed E-state index contributed by atoms with van der Waals surface area (Å²) in [6, 6.07) is 1.31. The molecule has 14 heteroatoms. The third-order valence-electron chi connectivity index (χ3n) is 5.39. The standard InChI is InChI=1S/C15H38O9Si5/c1-16-29(17-2,18-3)12-11-27(6)22-25(4)21-26(5)23-28(7,24-27)15-13-19-9-8-10-20-14-15/h15,25-26H,8-14H2,1-7H3. The summed E-state index contributed by atoms with van der Waals surface area (Å²) in [6.07, 6.45) is 0.914. The van der Waals surface area contributed by atoms with Crippen molar-refractivity contribution in [3.8, 4) is 0 Å². The molecule has 2 aliphatic rings. The minimum Gasteiger partial charge on any atom is -0.420 e. The van der Waals surface area contributed by atoms with E-state index in [-0.39, 0.29) is 5.54 Å². The Labute approximate surface area is 181 Å². The second-order valence-electron chi connectivity index (χ2n) is 7.75. The highest BCUT2D eigenvalue weighted by Gasteiger charge is 2.53. The molecule has 0 spiro atoms. The van der Waals surface area contributed by atoms with Crippen LogP contribution < -0.4 is 0 Å². The van der Waals surface area contributed by atoms with Crippen molar-refractivity contribution >= 4 is 44.5 Å². The third-order valence-corrected chi connectivity index (χ3v) is 24.5. The Kier molecular flexibility index (Phi) is 10.3. The average Bonchev–Trinajstić information content (AvgIpc) is 2.61. The van der Waals surface area contributed by atoms with Crippen LogP contribution in [0.4, 0.5) is 0 Å². The zero-order chi connectivity index (χ0) is 21.5. The maximum absolute atomic E-state index is 6.89. The van der Waals surface area contributed by atoms with E-state index in [0.29, 0.717) is 38.5 Å². The zero-order valence-electron chi connectivity index (χ0n) is 18.9. The van der Waals surface area contributed by atoms with Crippen LogP contribution in [0, 0.1) is 0 Å². The summed E-state index contributed by atoms with van der Waals surface area (Å²) >= 11 is 0. The van der Waals surface area contributed by atoms with E-state index in [1.165, 1.54) is 0 Å². The number of hydrogen-bond donors (Lipinski definition) is 0. The van der Waals surface area contributed by atoms with Crippen LogP contribution in [0.2, 0.25) is 43.8 Å². The lowest BCUT2D eigenvalue weighted by Gasteiger charge is -2.46. The van der Waals surface area contributed by atoms with Crippen molar-refractivity contribution < 1.29 is 39.2 Å². The maximum atomic E-state index is 6.89. The van der Waals surface area contributed by atoms with Gasteiger partial charge in [-0.3, -0.25) is 0 Å². The molecule has 4 unspecified atom stereocenters. The highest BCUT2D eigenvalue weighted by molar-refractivity contribution is 6.87. The van der Waals surface area contributed by atoms with Crippen LogP contribution in [0.5, 0.6) is 0 Å². The molecule has 172 valence electrons. The Balaban J connectivity index is 2.22. The topological polar surface area (TPSA) is 83.1 Å². The van der Waals surface area contributed by atoms with Gasteiger partial charge in [0, 0.05) is 46.1 Å². The fourth-order valence-corrected chi connectivity index (χ4v) is 24.8. The lowest BCUT2D eigenvalue weighted by molar-refractivity contribution is 0.0276. The molecule has 0 radical (unpaired) electrons. The van der Waals surface area contributed by atoms with E-state index >= 15 is 0 Å². The second kappa shape index (κ2) is 11.5. The number of hydrogen-bond acceptors (Lipinski definition) is 9. The fraction of sp³-hybridized carbons (Fsp3) is 1.00. The van der Waals surface area contributed by atoms with Gasteiger partial charge < -0.3 is 39.2 Å². The van der Waals surface area contributed by atoms with E-state index in [1.807, 2.05) is 6.55 Å². The first-order valence-corrected chi connectivity index (χ1v) is 21.3. The van der Waals surface area contributed by atoms with E-state index in [0.717, 1.165) is 6.42 Å². The van der Waals surface area contributed by atoms with E-state index in [1.54, 1.807) is 21.3 Å². The van der Waals surface area contributed by atoms with Gasteiger partial charge in [0.25, 0.3) is 18.6 Å². The van der Waals surface area contributed by atoms with Crippen molar-refractivity contribution in [1.82, 2.24) is 0 Å². The summed E-state index contributed by atoms with van der Waals surface area (Å²) in [6.45, 7) is 10.8. The van der Waals surface area contributed by atoms with E-state index in [4.69, 9.17) is 39.2 Å². The molecule has 0 aliphatic carbocycles. The molecular formula is C15H38O9Si5. The minimum atomic E-state index is -2.73. The van der Waals surface area contributed by atoms with Crippen LogP contribution in [-0.2, 0) is 39.2 Å². The van der Waals surface area contributed by atoms with E-state index in [9.17, 15) is 0 Å². The SMILES string of the molecule is CO[Si](CC[Si]1(C)O[SiH](C)O[SiH](C)O[Si](C)(C2COCCCOC2)O1)(OC)OC. The summed E-state index contributed by atoms with van der Waals surface area (Å²) in [5.41, 5.74) is 0.0705. The molecular weight excluding hydrogens is 465 g/mol. The Bertz CT molecular complexity index is 487. The van der Waals surface area contributed by atoms with Crippen molar-refractivity contribution in [2.24, 2.45) is 0 Å². The summed E-state index contributed by atoms with van der Waals surface area (Å²) in [5.74, 6) is 0. The van der Waals surface area contributed by atoms with Crippen LogP contribution in [-0.4, -0.2) is 92.3 Å². The van der Waals surface area contributed by atoms with Gasteiger partial charge in [-0.25, -0.2) is 0 Å². The van der Waals surface area contributed by atoms with E-state index < -0.39 is 44.5 Å². The van der Waals surface area contributed by atoms with Gasteiger partial charge in [0.05, 0.1) is 13.2 Å². The fourth-order valence-electron chi connectivity index (χ4n) is 3.77. The normalized spacial score (nSPS) is 36.1. The molecule has 9 nitrogen and oxygen atoms in total. The monoisotopic (exact) mass is 502 g/mol. The minimum absolute atomic E-state index is 0.0705. The number of ether oxygens (including phenoxy) is 2. The van der Waals surface area contributed by atoms with Gasteiger partial charge in [-0.1, -0.05) is 0 Å². The molecule has 0 aromatic carbocycles. The average molecular weight is 503 g/mol. The summed E-state index contributed by atoms with van der Waals surface area (Å²) in [5, 5.41) is 0. The molecule has 4 atom stereocenters. The van der Waals surface area contributed by atoms with Crippen LogP contribution in [0.25, 0.3) is 0 Å². The first kappa shape index (κ1) is 26.0. The largest absolute Gasteiger partial charge is 0.500 e. The molecule has 2 heterocycles. The van der Waals surface area contributed by atoms with Gasteiger partial charge in [0.1, 0.15) is 0 Å². The molecule has 0 bridgehead atoms. The van der Waals surface area contributed by atoms with E-state index in [2.05, 4.69) is 19.6 Å². The van der Waals surface area contributed by atoms with Crippen LogP contribution in [0.1, 0.15) is 6.42 Å². The molecule has 0 aromatic heterocycles.